The average Bonchev–Trinajstić information content (AvgIpc) is 2.54. The first-order valence-corrected chi connectivity index (χ1v) is 7.01. The monoisotopic (exact) mass is 295 g/mol. The Balaban J connectivity index is 1.98. The van der Waals surface area contributed by atoms with E-state index < -0.39 is 0 Å². The molecule has 0 atom stereocenters. The third-order valence-corrected chi connectivity index (χ3v) is 3.68. The fourth-order valence-electron chi connectivity index (χ4n) is 2.35. The molecule has 4 heteroatoms. The number of fused-ring (bicyclic) bond motifs is 1. The summed E-state index contributed by atoms with van der Waals surface area (Å²) in [7, 11) is 0. The molecule has 0 radical (unpaired) electrons. The number of hydrogen-bond acceptors (Lipinski definition) is 3. The number of nitrogens with zero attached hydrogens (tertiary/aromatic N) is 2. The van der Waals surface area contributed by atoms with Gasteiger partial charge in [-0.3, -0.25) is 4.98 Å². The number of rotatable bonds is 3. The SMILES string of the molecule is N/N=C(/Cc1ccnc2ccccc12)c1ccc(Cl)cc1. The van der Waals surface area contributed by atoms with E-state index in [2.05, 4.69) is 16.2 Å². The van der Waals surface area contributed by atoms with Crippen molar-refractivity contribution in [2.75, 3.05) is 0 Å². The second kappa shape index (κ2) is 5.94. The van der Waals surface area contributed by atoms with Gasteiger partial charge < -0.3 is 5.84 Å². The summed E-state index contributed by atoms with van der Waals surface area (Å²) in [6.45, 7) is 0. The van der Waals surface area contributed by atoms with E-state index in [9.17, 15) is 0 Å². The lowest BCUT2D eigenvalue weighted by molar-refractivity contribution is 1.19. The summed E-state index contributed by atoms with van der Waals surface area (Å²) in [5.41, 5.74) is 3.92. The molecular weight excluding hydrogens is 282 g/mol. The molecule has 0 fully saturated rings. The Labute approximate surface area is 128 Å². The first kappa shape index (κ1) is 13.6. The highest BCUT2D eigenvalue weighted by Crippen LogP contribution is 2.19. The summed E-state index contributed by atoms with van der Waals surface area (Å²) in [6.07, 6.45) is 2.47. The summed E-state index contributed by atoms with van der Waals surface area (Å²) in [5, 5.41) is 5.76. The van der Waals surface area contributed by atoms with Gasteiger partial charge in [-0.25, -0.2) is 0 Å². The molecule has 0 aliphatic heterocycles. The van der Waals surface area contributed by atoms with Crippen LogP contribution in [0.15, 0.2) is 65.9 Å². The third kappa shape index (κ3) is 2.88. The van der Waals surface area contributed by atoms with Crippen molar-refractivity contribution >= 4 is 28.2 Å². The lowest BCUT2D eigenvalue weighted by Gasteiger charge is -2.08. The van der Waals surface area contributed by atoms with E-state index >= 15 is 0 Å². The van der Waals surface area contributed by atoms with Gasteiger partial charge in [0.15, 0.2) is 0 Å². The zero-order valence-electron chi connectivity index (χ0n) is 11.3. The maximum atomic E-state index is 5.92. The molecule has 0 spiro atoms. The number of hydrazone groups is 1. The van der Waals surface area contributed by atoms with E-state index in [0.717, 1.165) is 27.7 Å². The van der Waals surface area contributed by atoms with Gasteiger partial charge in [0.2, 0.25) is 0 Å². The van der Waals surface area contributed by atoms with E-state index in [1.165, 1.54) is 0 Å². The first-order valence-electron chi connectivity index (χ1n) is 6.63. The Morgan fingerprint density at radius 1 is 1.05 bits per heavy atom. The van der Waals surface area contributed by atoms with Crippen molar-refractivity contribution in [3.05, 3.63) is 76.9 Å². The molecule has 1 aromatic heterocycles. The van der Waals surface area contributed by atoms with Crippen LogP contribution in [0.5, 0.6) is 0 Å². The van der Waals surface area contributed by atoms with Gasteiger partial charge in [-0.05, 0) is 35.4 Å². The van der Waals surface area contributed by atoms with Gasteiger partial charge in [-0.15, -0.1) is 0 Å². The Hall–Kier alpha value is -2.39. The van der Waals surface area contributed by atoms with Crippen LogP contribution in [-0.2, 0) is 6.42 Å². The van der Waals surface area contributed by atoms with Gasteiger partial charge >= 0.3 is 0 Å². The van der Waals surface area contributed by atoms with Crippen LogP contribution in [0, 0.1) is 0 Å². The van der Waals surface area contributed by atoms with Crippen LogP contribution in [-0.4, -0.2) is 10.7 Å². The third-order valence-electron chi connectivity index (χ3n) is 3.43. The average molecular weight is 296 g/mol. The van der Waals surface area contributed by atoms with Gasteiger partial charge in [-0.1, -0.05) is 41.9 Å². The predicted octanol–water partition coefficient (Wildman–Crippen LogP) is 3.79. The maximum Gasteiger partial charge on any atom is 0.0716 e. The first-order chi connectivity index (χ1) is 10.3. The maximum absolute atomic E-state index is 5.92. The summed E-state index contributed by atoms with van der Waals surface area (Å²) >= 11 is 5.92. The minimum absolute atomic E-state index is 0.654. The number of pyridine rings is 1. The van der Waals surface area contributed by atoms with Gasteiger partial charge in [0.25, 0.3) is 0 Å². The number of halogens is 1. The van der Waals surface area contributed by atoms with Crippen LogP contribution in [0.2, 0.25) is 5.02 Å². The standard InChI is InChI=1S/C17H14ClN3/c18-14-7-5-12(6-8-14)17(21-19)11-13-9-10-20-16-4-2-1-3-15(13)16/h1-10H,11,19H2/b21-17-. The minimum atomic E-state index is 0.654. The normalized spacial score (nSPS) is 11.8. The topological polar surface area (TPSA) is 51.3 Å². The van der Waals surface area contributed by atoms with Crippen LogP contribution >= 0.6 is 11.6 Å². The molecule has 1 heterocycles. The molecule has 0 saturated heterocycles. The van der Waals surface area contributed by atoms with Crippen LogP contribution < -0.4 is 5.84 Å². The Morgan fingerprint density at radius 3 is 2.57 bits per heavy atom. The lowest BCUT2D eigenvalue weighted by Crippen LogP contribution is -2.08. The molecular formula is C17H14ClN3. The Morgan fingerprint density at radius 2 is 1.81 bits per heavy atom. The van der Waals surface area contributed by atoms with E-state index in [4.69, 9.17) is 17.4 Å². The lowest BCUT2D eigenvalue weighted by atomic mass is 9.99. The van der Waals surface area contributed by atoms with Gasteiger partial charge in [-0.2, -0.15) is 5.10 Å². The summed E-state index contributed by atoms with van der Waals surface area (Å²) in [6, 6.07) is 17.6. The van der Waals surface area contributed by atoms with Crippen LogP contribution in [0.4, 0.5) is 0 Å². The van der Waals surface area contributed by atoms with Crippen LogP contribution in [0.1, 0.15) is 11.1 Å². The van der Waals surface area contributed by atoms with Crippen molar-refractivity contribution in [1.29, 1.82) is 0 Å². The van der Waals surface area contributed by atoms with Crippen molar-refractivity contribution in [3.63, 3.8) is 0 Å². The van der Waals surface area contributed by atoms with Crippen LogP contribution in [0.25, 0.3) is 10.9 Å². The zero-order chi connectivity index (χ0) is 14.7. The summed E-state index contributed by atoms with van der Waals surface area (Å²) in [4.78, 5) is 4.37. The fourth-order valence-corrected chi connectivity index (χ4v) is 2.48. The minimum Gasteiger partial charge on any atom is -0.323 e. The number of hydrogen-bond donors (Lipinski definition) is 1. The molecule has 0 saturated carbocycles. The molecule has 0 aliphatic rings. The highest BCUT2D eigenvalue weighted by molar-refractivity contribution is 6.30. The summed E-state index contributed by atoms with van der Waals surface area (Å²) < 4.78 is 0. The molecule has 0 unspecified atom stereocenters. The highest BCUT2D eigenvalue weighted by atomic mass is 35.5. The molecule has 2 aromatic carbocycles. The quantitative estimate of drug-likeness (QED) is 0.454. The van der Waals surface area contributed by atoms with E-state index in [1.54, 1.807) is 0 Å². The van der Waals surface area contributed by atoms with Crippen molar-refractivity contribution in [1.82, 2.24) is 4.98 Å². The number of benzene rings is 2. The Kier molecular flexibility index (Phi) is 3.84. The van der Waals surface area contributed by atoms with E-state index in [0.29, 0.717) is 11.4 Å². The van der Waals surface area contributed by atoms with Crippen molar-refractivity contribution in [3.8, 4) is 0 Å². The number of para-hydroxylation sites is 1. The molecule has 21 heavy (non-hydrogen) atoms. The second-order valence-electron chi connectivity index (χ2n) is 4.75. The molecule has 0 aliphatic carbocycles. The molecule has 104 valence electrons. The number of aromatic nitrogens is 1. The molecule has 0 bridgehead atoms. The molecule has 2 N–H and O–H groups in total. The molecule has 3 rings (SSSR count). The number of nitrogens with two attached hydrogens (primary N) is 1. The largest absolute Gasteiger partial charge is 0.323 e. The van der Waals surface area contributed by atoms with Crippen molar-refractivity contribution in [2.45, 2.75) is 6.42 Å². The molecule has 0 amide bonds. The zero-order valence-corrected chi connectivity index (χ0v) is 12.1. The van der Waals surface area contributed by atoms with Crippen molar-refractivity contribution in [2.24, 2.45) is 10.9 Å². The second-order valence-corrected chi connectivity index (χ2v) is 5.18. The highest BCUT2D eigenvalue weighted by Gasteiger charge is 2.08. The van der Waals surface area contributed by atoms with Gasteiger partial charge in [0.1, 0.15) is 0 Å². The Bertz CT molecular complexity index is 789. The smallest absolute Gasteiger partial charge is 0.0716 e. The fraction of sp³-hybridized carbons (Fsp3) is 0.0588. The van der Waals surface area contributed by atoms with Gasteiger partial charge in [0.05, 0.1) is 11.2 Å². The summed E-state index contributed by atoms with van der Waals surface area (Å²) in [5.74, 6) is 5.57. The molecule has 3 aromatic rings. The predicted molar refractivity (Wildman–Crippen MR) is 87.6 cm³/mol. The van der Waals surface area contributed by atoms with Crippen molar-refractivity contribution < 1.29 is 0 Å². The van der Waals surface area contributed by atoms with Crippen LogP contribution in [0.3, 0.4) is 0 Å². The van der Waals surface area contributed by atoms with E-state index in [1.807, 2.05) is 54.7 Å². The molecule has 3 nitrogen and oxygen atoms in total. The van der Waals surface area contributed by atoms with E-state index in [-0.39, 0.29) is 0 Å². The van der Waals surface area contributed by atoms with Gasteiger partial charge in [0, 0.05) is 23.0 Å².